The predicted molar refractivity (Wildman–Crippen MR) is 88.0 cm³/mol. The molecule has 2 rings (SSSR count). The average Bonchev–Trinajstić information content (AvgIpc) is 2.75. The van der Waals surface area contributed by atoms with E-state index in [-0.39, 0.29) is 10.8 Å². The fourth-order valence-corrected chi connectivity index (χ4v) is 2.19. The summed E-state index contributed by atoms with van der Waals surface area (Å²) in [6, 6.07) is 4.95. The molecule has 0 bridgehead atoms. The van der Waals surface area contributed by atoms with Gasteiger partial charge in [0, 0.05) is 18.3 Å². The maximum atomic E-state index is 11.3. The summed E-state index contributed by atoms with van der Waals surface area (Å²) in [6.07, 6.45) is 1.59. The molecule has 0 atom stereocenters. The lowest BCUT2D eigenvalue weighted by Crippen LogP contribution is -2.22. The van der Waals surface area contributed by atoms with Crippen molar-refractivity contribution < 1.29 is 4.79 Å². The summed E-state index contributed by atoms with van der Waals surface area (Å²) in [5.74, 6) is -0.651. The molecule has 4 N–H and O–H groups in total. The van der Waals surface area contributed by atoms with E-state index < -0.39 is 5.91 Å². The van der Waals surface area contributed by atoms with Crippen LogP contribution in [0.15, 0.2) is 24.4 Å². The van der Waals surface area contributed by atoms with Gasteiger partial charge in [-0.05, 0) is 30.4 Å². The van der Waals surface area contributed by atoms with Gasteiger partial charge in [-0.25, -0.2) is 0 Å². The molecule has 0 radical (unpaired) electrons. The number of hydrogen-bond donors (Lipinski definition) is 3. The molecule has 1 aromatic carbocycles. The highest BCUT2D eigenvalue weighted by atomic mass is 35.5. The summed E-state index contributed by atoms with van der Waals surface area (Å²) in [5.41, 5.74) is 6.29. The molecule has 0 saturated carbocycles. The second-order valence-electron chi connectivity index (χ2n) is 4.13. The lowest BCUT2D eigenvalue weighted by Gasteiger charge is -2.11. The summed E-state index contributed by atoms with van der Waals surface area (Å²) in [5, 5.41) is 10.9. The second-order valence-corrected chi connectivity index (χ2v) is 5.38. The van der Waals surface area contributed by atoms with Crippen molar-refractivity contribution in [1.82, 2.24) is 9.78 Å². The maximum Gasteiger partial charge on any atom is 0.271 e. The fraction of sp³-hybridized carbons (Fsp3) is 0.0833. The van der Waals surface area contributed by atoms with Crippen LogP contribution in [0.1, 0.15) is 10.5 Å². The molecular weight excluding hydrogens is 333 g/mol. The molecule has 0 spiro atoms. The summed E-state index contributed by atoms with van der Waals surface area (Å²) in [6.45, 7) is 0. The van der Waals surface area contributed by atoms with Crippen LogP contribution < -0.4 is 16.4 Å². The number of halogens is 2. The monoisotopic (exact) mass is 343 g/mol. The van der Waals surface area contributed by atoms with E-state index in [4.69, 9.17) is 41.2 Å². The van der Waals surface area contributed by atoms with E-state index in [9.17, 15) is 4.79 Å². The van der Waals surface area contributed by atoms with Gasteiger partial charge in [-0.2, -0.15) is 5.10 Å². The lowest BCUT2D eigenvalue weighted by atomic mass is 10.3. The number of hydrogen-bond acceptors (Lipinski definition) is 3. The number of benzene rings is 1. The van der Waals surface area contributed by atoms with E-state index in [0.717, 1.165) is 0 Å². The average molecular weight is 344 g/mol. The number of amides is 1. The smallest absolute Gasteiger partial charge is 0.271 e. The number of nitrogens with one attached hydrogen (secondary N) is 2. The van der Waals surface area contributed by atoms with E-state index >= 15 is 0 Å². The highest BCUT2D eigenvalue weighted by Gasteiger charge is 2.14. The number of nitrogens with zero attached hydrogens (tertiary/aromatic N) is 2. The van der Waals surface area contributed by atoms with Gasteiger partial charge >= 0.3 is 0 Å². The summed E-state index contributed by atoms with van der Waals surface area (Å²) >= 11 is 17.1. The van der Waals surface area contributed by atoms with Crippen LogP contribution in [-0.2, 0) is 7.05 Å². The van der Waals surface area contributed by atoms with Crippen molar-refractivity contribution in [3.8, 4) is 0 Å². The van der Waals surface area contributed by atoms with Gasteiger partial charge in [-0.3, -0.25) is 9.48 Å². The summed E-state index contributed by atoms with van der Waals surface area (Å²) in [4.78, 5) is 11.3. The molecule has 0 aliphatic carbocycles. The fourth-order valence-electron chi connectivity index (χ4n) is 1.63. The first-order chi connectivity index (χ1) is 9.86. The van der Waals surface area contributed by atoms with Crippen molar-refractivity contribution >= 4 is 57.8 Å². The third kappa shape index (κ3) is 3.84. The van der Waals surface area contributed by atoms with Crippen molar-refractivity contribution in [2.45, 2.75) is 0 Å². The van der Waals surface area contributed by atoms with Crippen molar-refractivity contribution in [2.24, 2.45) is 12.8 Å². The molecule has 0 unspecified atom stereocenters. The summed E-state index contributed by atoms with van der Waals surface area (Å²) < 4.78 is 1.46. The Labute approximate surface area is 136 Å². The molecule has 2 aromatic rings. The molecule has 0 saturated heterocycles. The number of thiocarbonyl (C=S) groups is 1. The Morgan fingerprint density at radius 1 is 1.33 bits per heavy atom. The van der Waals surface area contributed by atoms with Crippen LogP contribution in [0.25, 0.3) is 0 Å². The number of aryl methyl sites for hydroxylation is 1. The number of carbonyl (C=O) groups is 1. The number of primary amides is 1. The first-order valence-corrected chi connectivity index (χ1v) is 6.89. The predicted octanol–water partition coefficient (Wildman–Crippen LogP) is 2.63. The Kier molecular flexibility index (Phi) is 4.66. The third-order valence-electron chi connectivity index (χ3n) is 2.49. The molecular formula is C12H11Cl2N5OS. The van der Waals surface area contributed by atoms with Crippen molar-refractivity contribution in [3.05, 3.63) is 40.1 Å². The van der Waals surface area contributed by atoms with Crippen molar-refractivity contribution in [2.75, 3.05) is 10.6 Å². The molecule has 110 valence electrons. The van der Waals surface area contributed by atoms with Gasteiger partial charge in [0.25, 0.3) is 5.91 Å². The van der Waals surface area contributed by atoms with E-state index in [2.05, 4.69) is 15.7 Å². The Morgan fingerprint density at radius 2 is 2.00 bits per heavy atom. The number of carbonyl (C=O) groups excluding carboxylic acids is 1. The Hall–Kier alpha value is -1.83. The number of rotatable bonds is 3. The molecule has 0 aliphatic heterocycles. The van der Waals surface area contributed by atoms with Crippen LogP contribution in [0, 0.1) is 0 Å². The van der Waals surface area contributed by atoms with Gasteiger partial charge in [0.2, 0.25) is 0 Å². The zero-order chi connectivity index (χ0) is 15.6. The normalized spacial score (nSPS) is 10.2. The first kappa shape index (κ1) is 15.6. The first-order valence-electron chi connectivity index (χ1n) is 5.73. The molecule has 21 heavy (non-hydrogen) atoms. The zero-order valence-electron chi connectivity index (χ0n) is 10.9. The van der Waals surface area contributed by atoms with Crippen LogP contribution in [0.3, 0.4) is 0 Å². The number of aromatic nitrogens is 2. The van der Waals surface area contributed by atoms with Gasteiger partial charge in [0.1, 0.15) is 0 Å². The quantitative estimate of drug-likeness (QED) is 0.746. The van der Waals surface area contributed by atoms with Crippen molar-refractivity contribution in [1.29, 1.82) is 0 Å². The topological polar surface area (TPSA) is 85.0 Å². The molecule has 0 aliphatic rings. The van der Waals surface area contributed by atoms with E-state index in [1.165, 1.54) is 4.68 Å². The molecule has 9 heteroatoms. The largest absolute Gasteiger partial charge is 0.364 e. The molecule has 6 nitrogen and oxygen atoms in total. The van der Waals surface area contributed by atoms with Crippen LogP contribution in [0.5, 0.6) is 0 Å². The van der Waals surface area contributed by atoms with Gasteiger partial charge in [0.05, 0.1) is 16.4 Å². The molecule has 1 amide bonds. The van der Waals surface area contributed by atoms with Gasteiger partial charge in [-0.1, -0.05) is 23.2 Å². The van der Waals surface area contributed by atoms with E-state index in [1.54, 1.807) is 31.4 Å². The molecule has 1 heterocycles. The molecule has 0 fully saturated rings. The minimum atomic E-state index is -0.651. The standard InChI is InChI=1S/C12H11Cl2N5OS/c1-19-5-9(10(18-19)11(15)20)17-12(21)16-8-4-6(13)2-3-7(8)14/h2-5H,1H3,(H2,15,20)(H2,16,17,21). The Morgan fingerprint density at radius 3 is 2.67 bits per heavy atom. The van der Waals surface area contributed by atoms with Crippen LogP contribution >= 0.6 is 35.4 Å². The van der Waals surface area contributed by atoms with Crippen molar-refractivity contribution in [3.63, 3.8) is 0 Å². The maximum absolute atomic E-state index is 11.3. The van der Waals surface area contributed by atoms with Gasteiger partial charge < -0.3 is 16.4 Å². The van der Waals surface area contributed by atoms with Gasteiger partial charge in [0.15, 0.2) is 10.8 Å². The second kappa shape index (κ2) is 6.30. The minimum absolute atomic E-state index is 0.0961. The SMILES string of the molecule is Cn1cc(NC(=S)Nc2cc(Cl)ccc2Cl)c(C(N)=O)n1. The number of anilines is 2. The van der Waals surface area contributed by atoms with Gasteiger partial charge in [-0.15, -0.1) is 0 Å². The van der Waals surface area contributed by atoms with Crippen LogP contribution in [0.2, 0.25) is 10.0 Å². The summed E-state index contributed by atoms with van der Waals surface area (Å²) in [7, 11) is 1.67. The van der Waals surface area contributed by atoms with E-state index in [1.807, 2.05) is 0 Å². The highest BCUT2D eigenvalue weighted by Crippen LogP contribution is 2.25. The van der Waals surface area contributed by atoms with Crippen LogP contribution in [0.4, 0.5) is 11.4 Å². The minimum Gasteiger partial charge on any atom is -0.364 e. The number of nitrogens with two attached hydrogens (primary N) is 1. The lowest BCUT2D eigenvalue weighted by molar-refractivity contribution is 0.0995. The molecule has 1 aromatic heterocycles. The van der Waals surface area contributed by atoms with E-state index in [0.29, 0.717) is 21.4 Å². The Bertz CT molecular complexity index is 716. The Balaban J connectivity index is 2.15. The zero-order valence-corrected chi connectivity index (χ0v) is 13.2. The third-order valence-corrected chi connectivity index (χ3v) is 3.26. The highest BCUT2D eigenvalue weighted by molar-refractivity contribution is 7.80. The van der Waals surface area contributed by atoms with Crippen LogP contribution in [-0.4, -0.2) is 20.8 Å².